The average Bonchev–Trinajstić information content (AvgIpc) is 2.76. The summed E-state index contributed by atoms with van der Waals surface area (Å²) in [6.45, 7) is 9.79. The predicted octanol–water partition coefficient (Wildman–Crippen LogP) is 6.46. The van der Waals surface area contributed by atoms with Crippen molar-refractivity contribution in [2.24, 2.45) is 0 Å². The average molecular weight is 401 g/mol. The van der Waals surface area contributed by atoms with Gasteiger partial charge in [-0.1, -0.05) is 106 Å². The molecule has 0 saturated carbocycles. The van der Waals surface area contributed by atoms with Gasteiger partial charge in [-0.05, 0) is 34.6 Å². The Labute approximate surface area is 180 Å². The molecule has 0 bridgehead atoms. The molecule has 3 aromatic carbocycles. The maximum atomic E-state index is 13.2. The van der Waals surface area contributed by atoms with E-state index in [1.807, 2.05) is 53.4 Å². The normalized spacial score (nSPS) is 12.3. The van der Waals surface area contributed by atoms with E-state index >= 15 is 0 Å². The quantitative estimate of drug-likeness (QED) is 0.506. The standard InChI is InChI=1S/C27H32N2O/c1-21(24-13-9-6-10-14-24)29(26(30)28-19-22-11-7-5-8-12-22)20-23-15-17-25(18-16-23)27(2,3)4/h5-18,21H,19-20H2,1-4H3,(H,28,30). The summed E-state index contributed by atoms with van der Waals surface area (Å²) in [4.78, 5) is 15.1. The molecule has 0 heterocycles. The summed E-state index contributed by atoms with van der Waals surface area (Å²) in [6.07, 6.45) is 0. The minimum absolute atomic E-state index is 0.0377. The molecule has 0 aliphatic heterocycles. The zero-order chi connectivity index (χ0) is 21.6. The molecule has 1 atom stereocenters. The Bertz CT molecular complexity index is 928. The molecule has 0 fully saturated rings. The van der Waals surface area contributed by atoms with E-state index in [-0.39, 0.29) is 17.5 Å². The Morgan fingerprint density at radius 1 is 0.833 bits per heavy atom. The molecule has 3 aromatic rings. The second kappa shape index (κ2) is 9.62. The number of benzene rings is 3. The van der Waals surface area contributed by atoms with Crippen LogP contribution < -0.4 is 5.32 Å². The number of nitrogens with zero attached hydrogens (tertiary/aromatic N) is 1. The molecule has 0 aliphatic carbocycles. The smallest absolute Gasteiger partial charge is 0.318 e. The minimum atomic E-state index is -0.0601. The number of carbonyl (C=O) groups excluding carboxylic acids is 1. The fourth-order valence-electron chi connectivity index (χ4n) is 3.48. The first-order chi connectivity index (χ1) is 14.3. The van der Waals surface area contributed by atoms with E-state index < -0.39 is 0 Å². The van der Waals surface area contributed by atoms with Gasteiger partial charge in [0, 0.05) is 13.1 Å². The van der Waals surface area contributed by atoms with Crippen molar-refractivity contribution < 1.29 is 4.79 Å². The summed E-state index contributed by atoms with van der Waals surface area (Å²) in [5, 5.41) is 3.09. The first-order valence-electron chi connectivity index (χ1n) is 10.6. The second-order valence-electron chi connectivity index (χ2n) is 8.81. The summed E-state index contributed by atoms with van der Waals surface area (Å²) >= 11 is 0. The van der Waals surface area contributed by atoms with Crippen LogP contribution in [0.1, 0.15) is 56.0 Å². The lowest BCUT2D eigenvalue weighted by atomic mass is 9.86. The van der Waals surface area contributed by atoms with Gasteiger partial charge in [-0.25, -0.2) is 4.79 Å². The van der Waals surface area contributed by atoms with E-state index in [0.717, 1.165) is 16.7 Å². The molecule has 0 saturated heterocycles. The van der Waals surface area contributed by atoms with Gasteiger partial charge < -0.3 is 10.2 Å². The number of amides is 2. The highest BCUT2D eigenvalue weighted by Crippen LogP contribution is 2.25. The number of rotatable bonds is 6. The molecule has 0 aromatic heterocycles. The molecule has 3 rings (SSSR count). The Morgan fingerprint density at radius 2 is 1.40 bits per heavy atom. The van der Waals surface area contributed by atoms with Crippen LogP contribution in [0.2, 0.25) is 0 Å². The SMILES string of the molecule is CC(c1ccccc1)N(Cc1ccc(C(C)(C)C)cc1)C(=O)NCc1ccccc1. The summed E-state index contributed by atoms with van der Waals surface area (Å²) in [5.74, 6) is 0. The third-order valence-corrected chi connectivity index (χ3v) is 5.47. The van der Waals surface area contributed by atoms with E-state index in [1.165, 1.54) is 5.56 Å². The fraction of sp³-hybridized carbons (Fsp3) is 0.296. The molecule has 3 nitrogen and oxygen atoms in total. The molecule has 2 amide bonds. The van der Waals surface area contributed by atoms with E-state index in [9.17, 15) is 4.79 Å². The number of carbonyl (C=O) groups is 1. The Kier molecular flexibility index (Phi) is 6.94. The van der Waals surface area contributed by atoms with E-state index in [1.54, 1.807) is 0 Å². The van der Waals surface area contributed by atoms with Crippen molar-refractivity contribution >= 4 is 6.03 Å². The van der Waals surface area contributed by atoms with Crippen molar-refractivity contribution in [1.29, 1.82) is 0 Å². The van der Waals surface area contributed by atoms with Crippen molar-refractivity contribution in [1.82, 2.24) is 10.2 Å². The Balaban J connectivity index is 1.79. The van der Waals surface area contributed by atoms with E-state index in [0.29, 0.717) is 13.1 Å². The van der Waals surface area contributed by atoms with Crippen molar-refractivity contribution in [2.45, 2.75) is 52.2 Å². The molecular weight excluding hydrogens is 368 g/mol. The summed E-state index contributed by atoms with van der Waals surface area (Å²) in [5.41, 5.74) is 4.75. The third kappa shape index (κ3) is 5.73. The molecule has 3 heteroatoms. The van der Waals surface area contributed by atoms with Crippen LogP contribution in [0.5, 0.6) is 0 Å². The van der Waals surface area contributed by atoms with Gasteiger partial charge in [0.15, 0.2) is 0 Å². The Hall–Kier alpha value is -3.07. The van der Waals surface area contributed by atoms with Crippen molar-refractivity contribution in [3.05, 3.63) is 107 Å². The zero-order valence-electron chi connectivity index (χ0n) is 18.4. The number of urea groups is 1. The number of hydrogen-bond donors (Lipinski definition) is 1. The molecule has 156 valence electrons. The highest BCUT2D eigenvalue weighted by Gasteiger charge is 2.22. The van der Waals surface area contributed by atoms with Crippen LogP contribution in [0.25, 0.3) is 0 Å². The van der Waals surface area contributed by atoms with Crippen molar-refractivity contribution in [3.8, 4) is 0 Å². The Morgan fingerprint density at radius 3 is 1.97 bits per heavy atom. The largest absolute Gasteiger partial charge is 0.334 e. The topological polar surface area (TPSA) is 32.3 Å². The molecule has 0 spiro atoms. The molecular formula is C27H32N2O. The maximum absolute atomic E-state index is 13.2. The number of hydrogen-bond acceptors (Lipinski definition) is 1. The molecule has 1 N–H and O–H groups in total. The second-order valence-corrected chi connectivity index (χ2v) is 8.81. The van der Waals surface area contributed by atoms with Gasteiger partial charge >= 0.3 is 6.03 Å². The summed E-state index contributed by atoms with van der Waals surface area (Å²) in [7, 11) is 0. The number of nitrogens with one attached hydrogen (secondary N) is 1. The third-order valence-electron chi connectivity index (χ3n) is 5.47. The zero-order valence-corrected chi connectivity index (χ0v) is 18.4. The van der Waals surface area contributed by atoms with E-state index in [2.05, 4.69) is 69.4 Å². The summed E-state index contributed by atoms with van der Waals surface area (Å²) in [6, 6.07) is 28.7. The van der Waals surface area contributed by atoms with Gasteiger partial charge in [0.1, 0.15) is 0 Å². The molecule has 30 heavy (non-hydrogen) atoms. The van der Waals surface area contributed by atoms with Crippen LogP contribution >= 0.6 is 0 Å². The van der Waals surface area contributed by atoms with Crippen molar-refractivity contribution in [3.63, 3.8) is 0 Å². The van der Waals surface area contributed by atoms with Gasteiger partial charge in [-0.15, -0.1) is 0 Å². The highest BCUT2D eigenvalue weighted by atomic mass is 16.2. The van der Waals surface area contributed by atoms with Gasteiger partial charge in [0.25, 0.3) is 0 Å². The first kappa shape index (κ1) is 21.6. The fourth-order valence-corrected chi connectivity index (χ4v) is 3.48. The molecule has 0 radical (unpaired) electrons. The van der Waals surface area contributed by atoms with E-state index in [4.69, 9.17) is 0 Å². The van der Waals surface area contributed by atoms with Crippen LogP contribution in [0.4, 0.5) is 4.79 Å². The maximum Gasteiger partial charge on any atom is 0.318 e. The molecule has 1 unspecified atom stereocenters. The monoisotopic (exact) mass is 400 g/mol. The van der Waals surface area contributed by atoms with Gasteiger partial charge in [0.2, 0.25) is 0 Å². The van der Waals surface area contributed by atoms with Crippen molar-refractivity contribution in [2.75, 3.05) is 0 Å². The minimum Gasteiger partial charge on any atom is -0.334 e. The molecule has 0 aliphatic rings. The van der Waals surface area contributed by atoms with Gasteiger partial charge in [-0.2, -0.15) is 0 Å². The van der Waals surface area contributed by atoms with Gasteiger partial charge in [-0.3, -0.25) is 0 Å². The van der Waals surface area contributed by atoms with Gasteiger partial charge in [0.05, 0.1) is 6.04 Å². The summed E-state index contributed by atoms with van der Waals surface area (Å²) < 4.78 is 0. The van der Waals surface area contributed by atoms with Crippen LogP contribution in [0.3, 0.4) is 0 Å². The first-order valence-corrected chi connectivity index (χ1v) is 10.6. The predicted molar refractivity (Wildman–Crippen MR) is 124 cm³/mol. The lowest BCUT2D eigenvalue weighted by Gasteiger charge is -2.30. The lowest BCUT2D eigenvalue weighted by molar-refractivity contribution is 0.175. The highest BCUT2D eigenvalue weighted by molar-refractivity contribution is 5.74. The van der Waals surface area contributed by atoms with Crippen LogP contribution in [0, 0.1) is 0 Å². The van der Waals surface area contributed by atoms with Crippen LogP contribution in [-0.2, 0) is 18.5 Å². The van der Waals surface area contributed by atoms with Crippen LogP contribution in [-0.4, -0.2) is 10.9 Å². The van der Waals surface area contributed by atoms with Crippen LogP contribution in [0.15, 0.2) is 84.9 Å². The lowest BCUT2D eigenvalue weighted by Crippen LogP contribution is -2.40.